The summed E-state index contributed by atoms with van der Waals surface area (Å²) in [5, 5.41) is 125. The molecule has 82 heavy (non-hydrogen) atoms. The van der Waals surface area contributed by atoms with Gasteiger partial charge in [-0.05, 0) is 0 Å². The van der Waals surface area contributed by atoms with Crippen molar-refractivity contribution in [3.63, 3.8) is 0 Å². The molecule has 3 aliphatic heterocycles. The first-order valence-corrected chi connectivity index (χ1v) is 27.0. The third-order valence-corrected chi connectivity index (χ3v) is 12.1. The smallest absolute Gasteiger partial charge is 0.322 e. The molecule has 9 unspecified atom stereocenters. The number of carbonyl (C=O) groups excluding carboxylic acids is 3. The van der Waals surface area contributed by atoms with Crippen LogP contribution in [0, 0.1) is 5.41 Å². The highest BCUT2D eigenvalue weighted by atomic mass is 16.8. The van der Waals surface area contributed by atoms with Crippen molar-refractivity contribution in [2.45, 2.75) is 106 Å². The molecule has 0 aromatic carbocycles. The van der Waals surface area contributed by atoms with Crippen molar-refractivity contribution in [3.05, 3.63) is 11.7 Å². The second kappa shape index (κ2) is 42.4. The van der Waals surface area contributed by atoms with Gasteiger partial charge in [0.1, 0.15) is 61.5 Å². The quantitative estimate of drug-likeness (QED) is 0.0252. The number of nitrogens with one attached hydrogen (secondary N) is 3. The van der Waals surface area contributed by atoms with E-state index in [0.717, 1.165) is 0 Å². The van der Waals surface area contributed by atoms with Crippen LogP contribution in [-0.2, 0) is 85.4 Å². The molecule has 14 atom stereocenters. The fraction of sp³-hybridized carbons (Fsp3) is 0.898. The van der Waals surface area contributed by atoms with Crippen molar-refractivity contribution >= 4 is 17.7 Å². The Morgan fingerprint density at radius 1 is 0.439 bits per heavy atom. The molecule has 0 aromatic rings. The average Bonchev–Trinajstić information content (AvgIpc) is 3.55. The summed E-state index contributed by atoms with van der Waals surface area (Å²) in [6.07, 6.45) is -19.1. The van der Waals surface area contributed by atoms with Crippen LogP contribution in [0.4, 0.5) is 0 Å². The van der Waals surface area contributed by atoms with Crippen LogP contribution in [0.3, 0.4) is 0 Å². The average molecular weight is 1200 g/mol. The minimum Gasteiger partial charge on any atom is -0.504 e. The molecule has 0 radical (unpaired) electrons. The molecule has 3 aliphatic rings. The summed E-state index contributed by atoms with van der Waals surface area (Å²) in [7, 11) is 0. The number of aliphatic hydroxyl groups is 12. The van der Waals surface area contributed by atoms with Crippen molar-refractivity contribution in [2.75, 3.05) is 172 Å². The van der Waals surface area contributed by atoms with Gasteiger partial charge in [-0.3, -0.25) is 14.4 Å². The Labute approximate surface area is 474 Å². The van der Waals surface area contributed by atoms with Gasteiger partial charge in [-0.1, -0.05) is 6.92 Å². The molecule has 3 rings (SSSR count). The summed E-state index contributed by atoms with van der Waals surface area (Å²) in [5.41, 5.74) is -0.757. The highest BCUT2D eigenvalue weighted by Gasteiger charge is 2.45. The third kappa shape index (κ3) is 28.7. The van der Waals surface area contributed by atoms with E-state index in [2.05, 4.69) is 16.0 Å². The molecule has 480 valence electrons. The molecule has 0 aromatic heterocycles. The second-order valence-corrected chi connectivity index (χ2v) is 19.0. The largest absolute Gasteiger partial charge is 0.504 e. The monoisotopic (exact) mass is 1200 g/mol. The van der Waals surface area contributed by atoms with Crippen molar-refractivity contribution in [3.8, 4) is 0 Å². The van der Waals surface area contributed by atoms with Gasteiger partial charge in [0.25, 0.3) is 0 Å². The lowest BCUT2D eigenvalue weighted by Crippen LogP contribution is -2.59. The molecular weight excluding hydrogens is 1110 g/mol. The number of rotatable bonds is 47. The summed E-state index contributed by atoms with van der Waals surface area (Å²) >= 11 is 0. The lowest BCUT2D eigenvalue weighted by atomic mass is 9.94. The van der Waals surface area contributed by atoms with Gasteiger partial charge >= 0.3 is 5.95 Å². The Morgan fingerprint density at radius 3 is 1.24 bits per heavy atom. The fourth-order valence-corrected chi connectivity index (χ4v) is 7.41. The zero-order valence-corrected chi connectivity index (χ0v) is 46.2. The Bertz CT molecular complexity index is 1750. The minimum atomic E-state index is -1.72. The maximum absolute atomic E-state index is 12.5. The van der Waals surface area contributed by atoms with E-state index >= 15 is 0 Å². The predicted octanol–water partition coefficient (Wildman–Crippen LogP) is -7.89. The van der Waals surface area contributed by atoms with Crippen LogP contribution in [-0.4, -0.2) is 331 Å². The molecular formula is C49H89N3O30. The molecule has 33 heteroatoms. The highest BCUT2D eigenvalue weighted by molar-refractivity contribution is 5.76. The van der Waals surface area contributed by atoms with Crippen LogP contribution < -0.4 is 16.0 Å². The van der Waals surface area contributed by atoms with Crippen LogP contribution in [0.25, 0.3) is 0 Å². The third-order valence-electron chi connectivity index (χ3n) is 12.1. The van der Waals surface area contributed by atoms with Gasteiger partial charge in [0.05, 0.1) is 145 Å². The van der Waals surface area contributed by atoms with Gasteiger partial charge in [0.2, 0.25) is 23.5 Å². The van der Waals surface area contributed by atoms with Crippen LogP contribution in [0.1, 0.15) is 26.2 Å². The van der Waals surface area contributed by atoms with E-state index in [0.29, 0.717) is 0 Å². The number of aliphatic hydroxyl groups excluding tert-OH is 12. The van der Waals surface area contributed by atoms with Crippen molar-refractivity contribution in [1.29, 1.82) is 0 Å². The van der Waals surface area contributed by atoms with Crippen molar-refractivity contribution in [2.24, 2.45) is 5.41 Å². The molecule has 2 fully saturated rings. The Kier molecular flexibility index (Phi) is 37.7. The first kappa shape index (κ1) is 72.8. The van der Waals surface area contributed by atoms with Crippen LogP contribution in [0.15, 0.2) is 11.7 Å². The highest BCUT2D eigenvalue weighted by Crippen LogP contribution is 2.25. The maximum Gasteiger partial charge on any atom is 0.322 e. The zero-order valence-electron chi connectivity index (χ0n) is 46.2. The normalized spacial score (nSPS) is 27.4. The standard InChI is InChI=1S/C49H89N3O30/c1-49(30-76-10-4-35(57)52-7-13-70-16-19-73-22-25-79-48-44(66)40(62)41(63)45(67)82-48,28-74-8-2-33(55)50-5-11-68-14-17-71-20-23-77-46-42(64)38(60)36(58)31(26-53)80-46)29-75-9-3-34(56)51-6-12-69-15-18-72-21-24-78-47-43(65)39(61)37(59)32(27-54)81-47/h31-32,36-42,44-46,48,53-54,58-67H,2-30H2,1H3,(H,50,55)(H,51,56)(H,52,57)/t31?,32?,36-,37-,38?,39?,40?,41+,42?,44?,45?,46+,48+,49?/m1/s1. The lowest BCUT2D eigenvalue weighted by Gasteiger charge is -2.39. The minimum absolute atomic E-state index is 0.0117. The SMILES string of the molecule is CC(COCCC(=O)NCCOCCOCCOC1=C(O)C(O)[C@H](O)C(CO)O1)(COCCC(=O)NCCOCCOCCO[C@H]1OC(O)[C@@H](O)C(O)C1O)COCCC(=O)NCCOCCOCCO[C@H]1OC(CO)[C@@H](O)C(O)C1O. The number of amides is 3. The summed E-state index contributed by atoms with van der Waals surface area (Å²) < 4.78 is 81.3. The topological polar surface area (TPSA) is 469 Å². The predicted molar refractivity (Wildman–Crippen MR) is 273 cm³/mol. The maximum atomic E-state index is 12.5. The molecule has 0 saturated carbocycles. The van der Waals surface area contributed by atoms with Gasteiger partial charge in [-0.15, -0.1) is 0 Å². The van der Waals surface area contributed by atoms with Crippen LogP contribution in [0.5, 0.6) is 0 Å². The summed E-state index contributed by atoms with van der Waals surface area (Å²) in [6, 6.07) is 0. The molecule has 0 bridgehead atoms. The molecule has 3 heterocycles. The fourth-order valence-electron chi connectivity index (χ4n) is 7.41. The van der Waals surface area contributed by atoms with E-state index in [9.17, 15) is 75.7 Å². The van der Waals surface area contributed by atoms with E-state index in [1.807, 2.05) is 6.92 Å². The van der Waals surface area contributed by atoms with Gasteiger partial charge in [-0.2, -0.15) is 0 Å². The van der Waals surface area contributed by atoms with E-state index in [4.69, 9.17) is 71.1 Å². The molecule has 2 saturated heterocycles. The van der Waals surface area contributed by atoms with Gasteiger partial charge < -0.3 is 148 Å². The Morgan fingerprint density at radius 2 is 0.817 bits per heavy atom. The summed E-state index contributed by atoms with van der Waals surface area (Å²) in [5.74, 6) is -1.97. The number of hydrogen-bond acceptors (Lipinski definition) is 30. The molecule has 3 amide bonds. The van der Waals surface area contributed by atoms with Gasteiger partial charge in [0.15, 0.2) is 25.0 Å². The molecule has 33 nitrogen and oxygen atoms in total. The summed E-state index contributed by atoms with van der Waals surface area (Å²) in [4.78, 5) is 37.5. The first-order chi connectivity index (χ1) is 39.4. The zero-order chi connectivity index (χ0) is 60.1. The van der Waals surface area contributed by atoms with Gasteiger partial charge in [0, 0.05) is 44.3 Å². The van der Waals surface area contributed by atoms with Gasteiger partial charge in [-0.25, -0.2) is 0 Å². The molecule has 15 N–H and O–H groups in total. The Balaban J connectivity index is 1.26. The van der Waals surface area contributed by atoms with Crippen LogP contribution >= 0.6 is 0 Å². The van der Waals surface area contributed by atoms with E-state index < -0.39 is 110 Å². The lowest BCUT2D eigenvalue weighted by molar-refractivity contribution is -0.340. The van der Waals surface area contributed by atoms with Crippen molar-refractivity contribution in [1.82, 2.24) is 16.0 Å². The van der Waals surface area contributed by atoms with E-state index in [1.165, 1.54) is 0 Å². The second-order valence-electron chi connectivity index (χ2n) is 19.0. The number of hydrogen-bond donors (Lipinski definition) is 15. The summed E-state index contributed by atoms with van der Waals surface area (Å²) in [6.45, 7) is 3.66. The van der Waals surface area contributed by atoms with E-state index in [1.54, 1.807) is 0 Å². The number of carbonyl (C=O) groups is 3. The van der Waals surface area contributed by atoms with E-state index in [-0.39, 0.29) is 195 Å². The Hall–Kier alpha value is -3.41. The van der Waals surface area contributed by atoms with Crippen LogP contribution in [0.2, 0.25) is 0 Å². The molecule has 0 aliphatic carbocycles. The first-order valence-electron chi connectivity index (χ1n) is 27.0. The number of ether oxygens (including phenoxy) is 15. The van der Waals surface area contributed by atoms with Crippen molar-refractivity contribution < 1.29 is 147 Å². The molecule has 0 spiro atoms.